The molecule has 16 heavy (non-hydrogen) atoms. The Morgan fingerprint density at radius 1 is 1.69 bits per heavy atom. The predicted molar refractivity (Wildman–Crippen MR) is 64.7 cm³/mol. The molecule has 1 aromatic heterocycles. The lowest BCUT2D eigenvalue weighted by Crippen LogP contribution is -2.31. The van der Waals surface area contributed by atoms with E-state index in [4.69, 9.17) is 16.3 Å². The second-order valence-corrected chi connectivity index (χ2v) is 4.98. The Morgan fingerprint density at radius 3 is 3.00 bits per heavy atom. The zero-order chi connectivity index (χ0) is 11.6. The van der Waals surface area contributed by atoms with Crippen molar-refractivity contribution >= 4 is 11.6 Å². The minimum Gasteiger partial charge on any atom is -0.378 e. The number of imidazole rings is 1. The molecule has 1 aliphatic rings. The molecule has 0 amide bonds. The zero-order valence-electron chi connectivity index (χ0n) is 9.95. The summed E-state index contributed by atoms with van der Waals surface area (Å²) in [6.45, 7) is 2.97. The van der Waals surface area contributed by atoms with Gasteiger partial charge in [-0.05, 0) is 19.8 Å². The molecule has 0 bridgehead atoms. The summed E-state index contributed by atoms with van der Waals surface area (Å²) in [6, 6.07) is 0. The Morgan fingerprint density at radius 2 is 2.50 bits per heavy atom. The van der Waals surface area contributed by atoms with E-state index >= 15 is 0 Å². The lowest BCUT2D eigenvalue weighted by Gasteiger charge is -2.29. The smallest absolute Gasteiger partial charge is 0.108 e. The van der Waals surface area contributed by atoms with E-state index in [-0.39, 0.29) is 11.5 Å². The first kappa shape index (κ1) is 11.9. The Labute approximate surface area is 102 Å². The van der Waals surface area contributed by atoms with Crippen LogP contribution >= 0.6 is 11.6 Å². The molecule has 1 aliphatic heterocycles. The molecule has 90 valence electrons. The van der Waals surface area contributed by atoms with Crippen molar-refractivity contribution in [2.45, 2.75) is 32.3 Å². The Balaban J connectivity index is 2.00. The summed E-state index contributed by atoms with van der Waals surface area (Å²) in [4.78, 5) is 4.35. The van der Waals surface area contributed by atoms with E-state index in [1.54, 1.807) is 0 Å². The number of rotatable bonds is 4. The first-order valence-electron chi connectivity index (χ1n) is 5.82. The molecular formula is C12H19ClN2O. The molecule has 2 heterocycles. The second-order valence-electron chi connectivity index (χ2n) is 4.71. The van der Waals surface area contributed by atoms with Crippen LogP contribution in [0.3, 0.4) is 0 Å². The van der Waals surface area contributed by atoms with E-state index in [0.29, 0.717) is 5.88 Å². The summed E-state index contributed by atoms with van der Waals surface area (Å²) in [5.41, 5.74) is 0.146. The number of halogens is 1. The van der Waals surface area contributed by atoms with E-state index in [1.807, 2.05) is 19.4 Å². The fraction of sp³-hybridized carbons (Fsp3) is 0.750. The molecular weight excluding hydrogens is 224 g/mol. The van der Waals surface area contributed by atoms with Crippen LogP contribution in [0.1, 0.15) is 25.6 Å². The number of ether oxygens (including phenoxy) is 1. The van der Waals surface area contributed by atoms with Crippen molar-refractivity contribution in [3.8, 4) is 0 Å². The number of aromatic nitrogens is 2. The molecule has 1 fully saturated rings. The molecule has 1 aromatic rings. The average Bonchev–Trinajstić information content (AvgIpc) is 2.84. The third kappa shape index (κ3) is 2.11. The monoisotopic (exact) mass is 242 g/mol. The predicted octanol–water partition coefficient (Wildman–Crippen LogP) is 2.39. The van der Waals surface area contributed by atoms with E-state index in [9.17, 15) is 0 Å². The summed E-state index contributed by atoms with van der Waals surface area (Å²) in [5, 5.41) is 0. The fourth-order valence-electron chi connectivity index (χ4n) is 2.39. The molecule has 0 spiro atoms. The lowest BCUT2D eigenvalue weighted by atomic mass is 9.79. The number of alkyl halides is 1. The summed E-state index contributed by atoms with van der Waals surface area (Å²) < 4.78 is 7.72. The summed E-state index contributed by atoms with van der Waals surface area (Å²) in [5.74, 6) is 1.81. The quantitative estimate of drug-likeness (QED) is 0.759. The van der Waals surface area contributed by atoms with Crippen LogP contribution in [-0.4, -0.2) is 28.1 Å². The van der Waals surface area contributed by atoms with Crippen molar-refractivity contribution in [1.29, 1.82) is 0 Å². The van der Waals surface area contributed by atoms with Gasteiger partial charge in [0.1, 0.15) is 5.82 Å². The van der Waals surface area contributed by atoms with Crippen molar-refractivity contribution in [1.82, 2.24) is 9.55 Å². The van der Waals surface area contributed by atoms with Crippen LogP contribution in [0, 0.1) is 5.41 Å². The molecule has 0 saturated carbocycles. The van der Waals surface area contributed by atoms with Crippen LogP contribution in [0.5, 0.6) is 0 Å². The Kier molecular flexibility index (Phi) is 3.55. The van der Waals surface area contributed by atoms with Crippen molar-refractivity contribution < 1.29 is 4.74 Å². The molecule has 0 aromatic carbocycles. The lowest BCUT2D eigenvalue weighted by molar-refractivity contribution is 0.0693. The van der Waals surface area contributed by atoms with Crippen molar-refractivity contribution in [3.63, 3.8) is 0 Å². The second kappa shape index (κ2) is 4.76. The molecule has 2 rings (SSSR count). The fourth-order valence-corrected chi connectivity index (χ4v) is 2.87. The van der Waals surface area contributed by atoms with Gasteiger partial charge in [-0.3, -0.25) is 0 Å². The molecule has 0 N–H and O–H groups in total. The van der Waals surface area contributed by atoms with Crippen molar-refractivity contribution in [2.24, 2.45) is 12.5 Å². The number of nitrogens with zero attached hydrogens (tertiary/aromatic N) is 2. The number of hydrogen-bond acceptors (Lipinski definition) is 2. The molecule has 0 radical (unpaired) electrons. The standard InChI is InChI=1S/C12H19ClN2O/c1-10-12(9-13,5-8-16-10)4-3-11-14-6-7-15(11)2/h6-7,10H,3-5,8-9H2,1-2H3. The summed E-state index contributed by atoms with van der Waals surface area (Å²) in [7, 11) is 2.03. The summed E-state index contributed by atoms with van der Waals surface area (Å²) in [6.07, 6.45) is 7.20. The zero-order valence-corrected chi connectivity index (χ0v) is 10.7. The maximum Gasteiger partial charge on any atom is 0.108 e. The Bertz CT molecular complexity index is 353. The maximum atomic E-state index is 6.13. The van der Waals surface area contributed by atoms with Gasteiger partial charge >= 0.3 is 0 Å². The molecule has 2 unspecified atom stereocenters. The van der Waals surface area contributed by atoms with Crippen LogP contribution in [0.15, 0.2) is 12.4 Å². The van der Waals surface area contributed by atoms with Crippen LogP contribution in [-0.2, 0) is 18.2 Å². The minimum absolute atomic E-state index is 0.146. The topological polar surface area (TPSA) is 27.1 Å². The highest BCUT2D eigenvalue weighted by Crippen LogP contribution is 2.40. The van der Waals surface area contributed by atoms with Gasteiger partial charge in [-0.1, -0.05) is 0 Å². The summed E-state index contributed by atoms with van der Waals surface area (Å²) >= 11 is 6.13. The van der Waals surface area contributed by atoms with Gasteiger partial charge in [0.2, 0.25) is 0 Å². The van der Waals surface area contributed by atoms with Gasteiger partial charge in [-0.2, -0.15) is 0 Å². The number of aryl methyl sites for hydroxylation is 2. The van der Waals surface area contributed by atoms with Crippen LogP contribution in [0.25, 0.3) is 0 Å². The third-order valence-corrected chi connectivity index (χ3v) is 4.40. The molecule has 3 nitrogen and oxygen atoms in total. The first-order valence-corrected chi connectivity index (χ1v) is 6.35. The largest absolute Gasteiger partial charge is 0.378 e. The van der Waals surface area contributed by atoms with Gasteiger partial charge in [-0.25, -0.2) is 4.98 Å². The molecule has 4 heteroatoms. The van der Waals surface area contributed by atoms with Gasteiger partial charge in [0.05, 0.1) is 6.10 Å². The van der Waals surface area contributed by atoms with Gasteiger partial charge in [0.15, 0.2) is 0 Å². The van der Waals surface area contributed by atoms with E-state index < -0.39 is 0 Å². The van der Waals surface area contributed by atoms with Gasteiger partial charge in [0, 0.05) is 43.8 Å². The van der Waals surface area contributed by atoms with Gasteiger partial charge < -0.3 is 9.30 Å². The third-order valence-electron chi connectivity index (χ3n) is 3.86. The normalized spacial score (nSPS) is 29.8. The molecule has 2 atom stereocenters. The van der Waals surface area contributed by atoms with Crippen LogP contribution in [0.2, 0.25) is 0 Å². The highest BCUT2D eigenvalue weighted by molar-refractivity contribution is 6.18. The number of hydrogen-bond donors (Lipinski definition) is 0. The van der Waals surface area contributed by atoms with E-state index in [1.165, 1.54) is 0 Å². The SMILES string of the molecule is CC1OCCC1(CCl)CCc1nccn1C. The average molecular weight is 243 g/mol. The van der Waals surface area contributed by atoms with Crippen molar-refractivity contribution in [3.05, 3.63) is 18.2 Å². The highest BCUT2D eigenvalue weighted by atomic mass is 35.5. The maximum absolute atomic E-state index is 6.13. The van der Waals surface area contributed by atoms with Crippen LogP contribution < -0.4 is 0 Å². The molecule has 0 aliphatic carbocycles. The molecule has 1 saturated heterocycles. The van der Waals surface area contributed by atoms with Gasteiger partial charge in [-0.15, -0.1) is 11.6 Å². The van der Waals surface area contributed by atoms with E-state index in [2.05, 4.69) is 16.5 Å². The Hall–Kier alpha value is -0.540. The van der Waals surface area contributed by atoms with Crippen molar-refractivity contribution in [2.75, 3.05) is 12.5 Å². The van der Waals surface area contributed by atoms with Crippen LogP contribution in [0.4, 0.5) is 0 Å². The minimum atomic E-state index is 0.146. The van der Waals surface area contributed by atoms with Gasteiger partial charge in [0.25, 0.3) is 0 Å². The highest BCUT2D eigenvalue weighted by Gasteiger charge is 2.40. The first-order chi connectivity index (χ1) is 7.68. The van der Waals surface area contributed by atoms with E-state index in [0.717, 1.165) is 31.7 Å².